The minimum Gasteiger partial charge on any atom is -0.373 e. The van der Waals surface area contributed by atoms with Crippen LogP contribution in [0.3, 0.4) is 0 Å². The molecule has 1 saturated heterocycles. The Bertz CT molecular complexity index is 494. The summed E-state index contributed by atoms with van der Waals surface area (Å²) in [5, 5.41) is 3.10. The fraction of sp³-hybridized carbons (Fsp3) is 0.533. The lowest BCUT2D eigenvalue weighted by Gasteiger charge is -2.39. The van der Waals surface area contributed by atoms with Crippen molar-refractivity contribution in [1.82, 2.24) is 5.32 Å². The zero-order valence-corrected chi connectivity index (χ0v) is 12.8. The third kappa shape index (κ3) is 3.22. The number of hydrogen-bond acceptors (Lipinski definition) is 3. The van der Waals surface area contributed by atoms with Crippen LogP contribution in [0.4, 0.5) is 0 Å². The molecule has 1 aliphatic heterocycles. The highest BCUT2D eigenvalue weighted by Crippen LogP contribution is 2.27. The Hall–Kier alpha value is -0.910. The first kappa shape index (κ1) is 14.0. The average molecular weight is 340 g/mol. The molecule has 0 aromatic heterocycles. The Morgan fingerprint density at radius 3 is 2.80 bits per heavy atom. The van der Waals surface area contributed by atoms with Gasteiger partial charge in [0.2, 0.25) is 0 Å². The molecule has 1 amide bonds. The highest BCUT2D eigenvalue weighted by molar-refractivity contribution is 9.10. The van der Waals surface area contributed by atoms with E-state index in [-0.39, 0.29) is 24.2 Å². The smallest absolute Gasteiger partial charge is 0.251 e. The molecule has 2 fully saturated rings. The van der Waals surface area contributed by atoms with E-state index in [9.17, 15) is 4.79 Å². The molecule has 1 aromatic carbocycles. The van der Waals surface area contributed by atoms with E-state index in [0.29, 0.717) is 18.8 Å². The maximum atomic E-state index is 12.2. The van der Waals surface area contributed by atoms with E-state index in [4.69, 9.17) is 9.47 Å². The molecule has 20 heavy (non-hydrogen) atoms. The first-order valence-electron chi connectivity index (χ1n) is 7.02. The van der Waals surface area contributed by atoms with Crippen LogP contribution in [0, 0.1) is 0 Å². The summed E-state index contributed by atoms with van der Waals surface area (Å²) in [5.41, 5.74) is 0.683. The van der Waals surface area contributed by atoms with Crippen LogP contribution in [0.1, 0.15) is 29.6 Å². The van der Waals surface area contributed by atoms with E-state index in [0.717, 1.165) is 23.7 Å². The van der Waals surface area contributed by atoms with Crippen molar-refractivity contribution in [2.75, 3.05) is 13.2 Å². The third-order valence-corrected chi connectivity index (χ3v) is 4.39. The van der Waals surface area contributed by atoms with Crippen molar-refractivity contribution in [1.29, 1.82) is 0 Å². The third-order valence-electron chi connectivity index (χ3n) is 3.90. The lowest BCUT2D eigenvalue weighted by atomic mass is 9.89. The summed E-state index contributed by atoms with van der Waals surface area (Å²) in [6.45, 7) is 1.35. The van der Waals surface area contributed by atoms with Gasteiger partial charge in [-0.15, -0.1) is 0 Å². The van der Waals surface area contributed by atoms with Gasteiger partial charge in [-0.25, -0.2) is 0 Å². The number of halogens is 1. The highest BCUT2D eigenvalue weighted by Gasteiger charge is 2.34. The predicted octanol–water partition coefficient (Wildman–Crippen LogP) is 2.52. The molecule has 3 rings (SSSR count). The summed E-state index contributed by atoms with van der Waals surface area (Å²) in [5.74, 6) is -0.0218. The van der Waals surface area contributed by atoms with E-state index in [1.165, 1.54) is 0 Å². The minimum absolute atomic E-state index is 0.0218. The molecule has 0 radical (unpaired) electrons. The van der Waals surface area contributed by atoms with E-state index in [1.807, 2.05) is 24.3 Å². The van der Waals surface area contributed by atoms with Gasteiger partial charge in [0, 0.05) is 16.1 Å². The van der Waals surface area contributed by atoms with Gasteiger partial charge >= 0.3 is 0 Å². The van der Waals surface area contributed by atoms with Crippen LogP contribution in [0.2, 0.25) is 0 Å². The molecule has 1 aliphatic carbocycles. The quantitative estimate of drug-likeness (QED) is 0.900. The van der Waals surface area contributed by atoms with Crippen molar-refractivity contribution in [3.63, 3.8) is 0 Å². The lowest BCUT2D eigenvalue weighted by molar-refractivity contribution is -0.157. The van der Waals surface area contributed by atoms with Crippen LogP contribution in [0.25, 0.3) is 0 Å². The molecule has 0 bridgehead atoms. The fourth-order valence-electron chi connectivity index (χ4n) is 2.90. The van der Waals surface area contributed by atoms with Gasteiger partial charge in [-0.3, -0.25) is 4.79 Å². The summed E-state index contributed by atoms with van der Waals surface area (Å²) in [6, 6.07) is 7.61. The van der Waals surface area contributed by atoms with E-state index in [2.05, 4.69) is 21.2 Å². The maximum Gasteiger partial charge on any atom is 0.251 e. The Kier molecular flexibility index (Phi) is 4.38. The van der Waals surface area contributed by atoms with Crippen LogP contribution in [-0.4, -0.2) is 37.4 Å². The topological polar surface area (TPSA) is 47.6 Å². The molecule has 4 nitrogen and oxygen atoms in total. The lowest BCUT2D eigenvalue weighted by Crippen LogP contribution is -2.49. The number of hydrogen-bond donors (Lipinski definition) is 1. The number of rotatable bonds is 2. The zero-order valence-electron chi connectivity index (χ0n) is 11.2. The summed E-state index contributed by atoms with van der Waals surface area (Å²) in [7, 11) is 0. The second-order valence-corrected chi connectivity index (χ2v) is 6.23. The van der Waals surface area contributed by atoms with Gasteiger partial charge in [0.15, 0.2) is 0 Å². The molecule has 1 aromatic rings. The largest absolute Gasteiger partial charge is 0.373 e. The minimum atomic E-state index is -0.0218. The summed E-state index contributed by atoms with van der Waals surface area (Å²) in [4.78, 5) is 12.2. The monoisotopic (exact) mass is 339 g/mol. The number of carbonyl (C=O) groups is 1. The Labute approximate surface area is 127 Å². The van der Waals surface area contributed by atoms with Crippen LogP contribution in [-0.2, 0) is 9.47 Å². The Balaban J connectivity index is 1.59. The predicted molar refractivity (Wildman–Crippen MR) is 78.7 cm³/mol. The van der Waals surface area contributed by atoms with E-state index >= 15 is 0 Å². The van der Waals surface area contributed by atoms with Gasteiger partial charge in [-0.05, 0) is 37.5 Å². The van der Waals surface area contributed by atoms with Gasteiger partial charge in [0.25, 0.3) is 5.91 Å². The second-order valence-electron chi connectivity index (χ2n) is 5.31. The molecule has 3 atom stereocenters. The molecular weight excluding hydrogens is 322 g/mol. The maximum absolute atomic E-state index is 12.2. The van der Waals surface area contributed by atoms with Gasteiger partial charge in [0.05, 0.1) is 25.4 Å². The van der Waals surface area contributed by atoms with E-state index < -0.39 is 0 Å². The number of fused-ring (bicyclic) bond motifs is 1. The van der Waals surface area contributed by atoms with Crippen LogP contribution < -0.4 is 5.32 Å². The first-order valence-corrected chi connectivity index (χ1v) is 7.81. The van der Waals surface area contributed by atoms with Crippen molar-refractivity contribution in [3.8, 4) is 0 Å². The van der Waals surface area contributed by atoms with Gasteiger partial charge in [0.1, 0.15) is 0 Å². The second kappa shape index (κ2) is 6.24. The first-order chi connectivity index (χ1) is 9.72. The average Bonchev–Trinajstić information content (AvgIpc) is 2.47. The number of carbonyl (C=O) groups excluding carboxylic acids is 1. The molecule has 1 N–H and O–H groups in total. The molecule has 5 heteroatoms. The van der Waals surface area contributed by atoms with E-state index in [1.54, 1.807) is 0 Å². The fourth-order valence-corrected chi connectivity index (χ4v) is 3.30. The molecule has 0 unspecified atom stereocenters. The van der Waals surface area contributed by atoms with Crippen molar-refractivity contribution >= 4 is 21.8 Å². The van der Waals surface area contributed by atoms with Crippen molar-refractivity contribution in [3.05, 3.63) is 34.3 Å². The van der Waals surface area contributed by atoms with Gasteiger partial charge in [-0.2, -0.15) is 0 Å². The number of amides is 1. The molecule has 108 valence electrons. The van der Waals surface area contributed by atoms with Crippen LogP contribution in [0.5, 0.6) is 0 Å². The van der Waals surface area contributed by atoms with Gasteiger partial charge < -0.3 is 14.8 Å². The molecule has 1 saturated carbocycles. The highest BCUT2D eigenvalue weighted by atomic mass is 79.9. The SMILES string of the molecule is O=C(N[C@@H]1CC[C@H]2OCCO[C@@H]2C1)c1cccc(Br)c1. The normalized spacial score (nSPS) is 29.6. The summed E-state index contributed by atoms with van der Waals surface area (Å²) >= 11 is 3.38. The van der Waals surface area contributed by atoms with Gasteiger partial charge in [-0.1, -0.05) is 22.0 Å². The van der Waals surface area contributed by atoms with Crippen LogP contribution in [0.15, 0.2) is 28.7 Å². The van der Waals surface area contributed by atoms with Crippen LogP contribution >= 0.6 is 15.9 Å². The zero-order chi connectivity index (χ0) is 13.9. The standard InChI is InChI=1S/C15H18BrNO3/c16-11-3-1-2-10(8-11)15(18)17-12-4-5-13-14(9-12)20-7-6-19-13/h1-3,8,12-14H,4-7,9H2,(H,17,18)/t12-,13-,14-/m1/s1. The Morgan fingerprint density at radius 1 is 1.20 bits per heavy atom. The van der Waals surface area contributed by atoms with Crippen molar-refractivity contribution < 1.29 is 14.3 Å². The molecular formula is C15H18BrNO3. The number of nitrogens with one attached hydrogen (secondary N) is 1. The summed E-state index contributed by atoms with van der Waals surface area (Å²) < 4.78 is 12.3. The summed E-state index contributed by atoms with van der Waals surface area (Å²) in [6.07, 6.45) is 3.08. The number of benzene rings is 1. The van der Waals surface area contributed by atoms with Crippen molar-refractivity contribution in [2.24, 2.45) is 0 Å². The molecule has 2 aliphatic rings. The molecule has 1 heterocycles. The Morgan fingerprint density at radius 2 is 2.00 bits per heavy atom. The number of ether oxygens (including phenoxy) is 2. The van der Waals surface area contributed by atoms with Crippen molar-refractivity contribution in [2.45, 2.75) is 37.5 Å². The molecule has 0 spiro atoms.